The molecule has 0 radical (unpaired) electrons. The topological polar surface area (TPSA) is 29.5 Å². The minimum absolute atomic E-state index is 0.0989. The number of ether oxygens (including phenoxy) is 1. The van der Waals surface area contributed by atoms with E-state index in [2.05, 4.69) is 0 Å². The molecule has 2 aromatic rings. The first-order valence-electron chi connectivity index (χ1n) is 6.02. The van der Waals surface area contributed by atoms with E-state index in [-0.39, 0.29) is 12.4 Å². The van der Waals surface area contributed by atoms with E-state index in [4.69, 9.17) is 27.9 Å². The first-order valence-corrected chi connectivity index (χ1v) is 6.78. The number of aliphatic hydroxyl groups excluding tert-OH is 1. The smallest absolute Gasteiger partial charge is 0.128 e. The maximum Gasteiger partial charge on any atom is 0.128 e. The van der Waals surface area contributed by atoms with Crippen LogP contribution in [0.25, 0.3) is 0 Å². The SMILES string of the molecule is C[C@H](O)c1ccc(F)cc1OCc1c(Cl)cccc1Cl. The van der Waals surface area contributed by atoms with Gasteiger partial charge in [-0.2, -0.15) is 0 Å². The maximum atomic E-state index is 13.3. The third kappa shape index (κ3) is 3.42. The van der Waals surface area contributed by atoms with Crippen molar-refractivity contribution >= 4 is 23.2 Å². The molecule has 0 aromatic heterocycles. The molecule has 1 N–H and O–H groups in total. The van der Waals surface area contributed by atoms with Crippen LogP contribution >= 0.6 is 23.2 Å². The van der Waals surface area contributed by atoms with Crippen LogP contribution in [0, 0.1) is 5.82 Å². The summed E-state index contributed by atoms with van der Waals surface area (Å²) >= 11 is 12.1. The summed E-state index contributed by atoms with van der Waals surface area (Å²) in [6.45, 7) is 1.68. The van der Waals surface area contributed by atoms with E-state index < -0.39 is 11.9 Å². The molecular formula is C15H13Cl2FO2. The Labute approximate surface area is 126 Å². The molecule has 0 spiro atoms. The fourth-order valence-electron chi connectivity index (χ4n) is 1.80. The molecule has 0 bridgehead atoms. The van der Waals surface area contributed by atoms with Crippen molar-refractivity contribution in [2.45, 2.75) is 19.6 Å². The van der Waals surface area contributed by atoms with Gasteiger partial charge in [0.2, 0.25) is 0 Å². The Morgan fingerprint density at radius 2 is 1.85 bits per heavy atom. The molecular weight excluding hydrogens is 302 g/mol. The van der Waals surface area contributed by atoms with Crippen LogP contribution < -0.4 is 4.74 Å². The number of rotatable bonds is 4. The molecule has 0 heterocycles. The van der Waals surface area contributed by atoms with Crippen molar-refractivity contribution in [2.24, 2.45) is 0 Å². The molecule has 0 aliphatic heterocycles. The van der Waals surface area contributed by atoms with Crippen LogP contribution in [0.4, 0.5) is 4.39 Å². The second-order valence-corrected chi connectivity index (χ2v) is 5.16. The van der Waals surface area contributed by atoms with Gasteiger partial charge in [0.15, 0.2) is 0 Å². The van der Waals surface area contributed by atoms with Gasteiger partial charge in [-0.15, -0.1) is 0 Å². The Bertz CT molecular complexity index is 595. The molecule has 0 aliphatic rings. The molecule has 1 atom stereocenters. The molecule has 0 amide bonds. The number of hydrogen-bond acceptors (Lipinski definition) is 2. The van der Waals surface area contributed by atoms with Crippen molar-refractivity contribution in [3.63, 3.8) is 0 Å². The van der Waals surface area contributed by atoms with Gasteiger partial charge in [-0.3, -0.25) is 0 Å². The fourth-order valence-corrected chi connectivity index (χ4v) is 2.31. The third-order valence-electron chi connectivity index (χ3n) is 2.86. The minimum atomic E-state index is -0.757. The van der Waals surface area contributed by atoms with Crippen LogP contribution in [-0.2, 0) is 6.61 Å². The summed E-state index contributed by atoms with van der Waals surface area (Å²) in [6.07, 6.45) is -0.757. The molecule has 0 saturated heterocycles. The van der Waals surface area contributed by atoms with E-state index in [1.54, 1.807) is 25.1 Å². The van der Waals surface area contributed by atoms with Crippen LogP contribution in [0.2, 0.25) is 10.0 Å². The highest BCUT2D eigenvalue weighted by Crippen LogP contribution is 2.29. The molecule has 20 heavy (non-hydrogen) atoms. The summed E-state index contributed by atoms with van der Waals surface area (Å²) in [6, 6.07) is 9.13. The lowest BCUT2D eigenvalue weighted by Crippen LogP contribution is -2.02. The second-order valence-electron chi connectivity index (χ2n) is 4.35. The largest absolute Gasteiger partial charge is 0.488 e. The number of halogens is 3. The first-order chi connectivity index (χ1) is 9.49. The maximum absolute atomic E-state index is 13.3. The predicted octanol–water partition coefficient (Wildman–Crippen LogP) is 4.76. The molecule has 2 aromatic carbocycles. The summed E-state index contributed by atoms with van der Waals surface area (Å²) < 4.78 is 18.8. The Kier molecular flexibility index (Phi) is 4.86. The second kappa shape index (κ2) is 6.44. The van der Waals surface area contributed by atoms with Crippen LogP contribution in [0.15, 0.2) is 36.4 Å². The number of hydrogen-bond donors (Lipinski definition) is 1. The van der Waals surface area contributed by atoms with Crippen LogP contribution in [0.1, 0.15) is 24.2 Å². The minimum Gasteiger partial charge on any atom is -0.488 e. The van der Waals surface area contributed by atoms with Crippen molar-refractivity contribution in [1.82, 2.24) is 0 Å². The zero-order valence-corrected chi connectivity index (χ0v) is 12.2. The van der Waals surface area contributed by atoms with E-state index in [1.165, 1.54) is 18.2 Å². The normalized spacial score (nSPS) is 12.2. The van der Waals surface area contributed by atoms with Crippen molar-refractivity contribution in [3.05, 3.63) is 63.4 Å². The molecule has 106 valence electrons. The standard InChI is InChI=1S/C15H13Cl2FO2/c1-9(19)11-6-5-10(18)7-15(11)20-8-12-13(16)3-2-4-14(12)17/h2-7,9,19H,8H2,1H3/t9-/m0/s1. The monoisotopic (exact) mass is 314 g/mol. The van der Waals surface area contributed by atoms with Gasteiger partial charge in [-0.1, -0.05) is 29.3 Å². The van der Waals surface area contributed by atoms with Crippen LogP contribution in [-0.4, -0.2) is 5.11 Å². The van der Waals surface area contributed by atoms with Crippen molar-refractivity contribution in [3.8, 4) is 5.75 Å². The summed E-state index contributed by atoms with van der Waals surface area (Å²) in [5.41, 5.74) is 1.13. The van der Waals surface area contributed by atoms with E-state index >= 15 is 0 Å². The lowest BCUT2D eigenvalue weighted by molar-refractivity contribution is 0.190. The highest BCUT2D eigenvalue weighted by molar-refractivity contribution is 6.35. The predicted molar refractivity (Wildman–Crippen MR) is 77.8 cm³/mol. The van der Waals surface area contributed by atoms with Crippen molar-refractivity contribution in [2.75, 3.05) is 0 Å². The average Bonchev–Trinajstić information content (AvgIpc) is 2.37. The van der Waals surface area contributed by atoms with E-state index in [0.717, 1.165) is 0 Å². The van der Waals surface area contributed by atoms with Gasteiger partial charge in [0.25, 0.3) is 0 Å². The van der Waals surface area contributed by atoms with Crippen molar-refractivity contribution in [1.29, 1.82) is 0 Å². The van der Waals surface area contributed by atoms with Gasteiger partial charge in [-0.25, -0.2) is 4.39 Å². The summed E-state index contributed by atoms with van der Waals surface area (Å²) in [7, 11) is 0. The summed E-state index contributed by atoms with van der Waals surface area (Å²) in [5, 5.41) is 10.6. The Morgan fingerprint density at radius 1 is 1.20 bits per heavy atom. The zero-order valence-electron chi connectivity index (χ0n) is 10.7. The highest BCUT2D eigenvalue weighted by Gasteiger charge is 2.12. The summed E-state index contributed by atoms with van der Waals surface area (Å²) in [4.78, 5) is 0. The lowest BCUT2D eigenvalue weighted by atomic mass is 10.1. The quantitative estimate of drug-likeness (QED) is 0.881. The zero-order chi connectivity index (χ0) is 14.7. The average molecular weight is 315 g/mol. The third-order valence-corrected chi connectivity index (χ3v) is 3.57. The highest BCUT2D eigenvalue weighted by atomic mass is 35.5. The number of aliphatic hydroxyl groups is 1. The van der Waals surface area contributed by atoms with Crippen molar-refractivity contribution < 1.29 is 14.2 Å². The summed E-state index contributed by atoms with van der Waals surface area (Å²) in [5.74, 6) is -0.161. The van der Waals surface area contributed by atoms with E-state index in [0.29, 0.717) is 21.2 Å². The van der Waals surface area contributed by atoms with E-state index in [9.17, 15) is 9.50 Å². The van der Waals surface area contributed by atoms with Crippen LogP contribution in [0.3, 0.4) is 0 Å². The van der Waals surface area contributed by atoms with Gasteiger partial charge < -0.3 is 9.84 Å². The van der Waals surface area contributed by atoms with Gasteiger partial charge >= 0.3 is 0 Å². The van der Waals surface area contributed by atoms with E-state index in [1.807, 2.05) is 0 Å². The Hall–Kier alpha value is -1.29. The Balaban J connectivity index is 2.25. The molecule has 0 fully saturated rings. The Morgan fingerprint density at radius 3 is 2.45 bits per heavy atom. The first kappa shape index (κ1) is 15.1. The van der Waals surface area contributed by atoms with Gasteiger partial charge in [-0.05, 0) is 31.2 Å². The van der Waals surface area contributed by atoms with Gasteiger partial charge in [0, 0.05) is 27.2 Å². The fraction of sp³-hybridized carbons (Fsp3) is 0.200. The van der Waals surface area contributed by atoms with Crippen LogP contribution in [0.5, 0.6) is 5.75 Å². The molecule has 5 heteroatoms. The lowest BCUT2D eigenvalue weighted by Gasteiger charge is -2.14. The molecule has 2 nitrogen and oxygen atoms in total. The van der Waals surface area contributed by atoms with Gasteiger partial charge in [0.1, 0.15) is 18.2 Å². The molecule has 0 unspecified atom stereocenters. The van der Waals surface area contributed by atoms with Gasteiger partial charge in [0.05, 0.1) is 6.10 Å². The number of benzene rings is 2. The molecule has 2 rings (SSSR count). The molecule has 0 aliphatic carbocycles. The molecule has 0 saturated carbocycles.